The van der Waals surface area contributed by atoms with Gasteiger partial charge in [0.15, 0.2) is 0 Å². The molecule has 1 atom stereocenters. The zero-order valence-electron chi connectivity index (χ0n) is 16.5. The monoisotopic (exact) mass is 442 g/mol. The number of nitrogens with one attached hydrogen (secondary N) is 1. The van der Waals surface area contributed by atoms with Crippen LogP contribution in [0.15, 0.2) is 65.7 Å². The summed E-state index contributed by atoms with van der Waals surface area (Å²) < 4.78 is 49.4. The molecule has 0 fully saturated rings. The smallest absolute Gasteiger partial charge is 0.335 e. The van der Waals surface area contributed by atoms with Crippen LogP contribution in [0.1, 0.15) is 33.6 Å². The van der Waals surface area contributed by atoms with Gasteiger partial charge in [-0.2, -0.15) is 4.72 Å². The molecule has 2 heterocycles. The molecule has 0 aliphatic carbocycles. The van der Waals surface area contributed by atoms with Crippen molar-refractivity contribution < 1.29 is 27.4 Å². The summed E-state index contributed by atoms with van der Waals surface area (Å²) in [6.45, 7) is 1.81. The van der Waals surface area contributed by atoms with Crippen LogP contribution in [-0.4, -0.2) is 31.1 Å². The summed E-state index contributed by atoms with van der Waals surface area (Å²) in [7, 11) is -4.14. The molecule has 2 N–H and O–H groups in total. The van der Waals surface area contributed by atoms with Crippen LogP contribution in [0.4, 0.5) is 4.39 Å². The lowest BCUT2D eigenvalue weighted by Crippen LogP contribution is -2.50. The number of hydrogen-bond acceptors (Lipinski definition) is 5. The Labute approximate surface area is 178 Å². The molecule has 2 aromatic carbocycles. The molecule has 160 valence electrons. The third-order valence-electron chi connectivity index (χ3n) is 5.29. The Morgan fingerprint density at radius 1 is 1.19 bits per heavy atom. The number of carboxylic acids is 1. The zero-order valence-corrected chi connectivity index (χ0v) is 17.3. The van der Waals surface area contributed by atoms with E-state index in [4.69, 9.17) is 9.84 Å². The first-order chi connectivity index (χ1) is 14.7. The maximum atomic E-state index is 14.5. The van der Waals surface area contributed by atoms with E-state index in [0.717, 1.165) is 0 Å². The number of benzene rings is 2. The van der Waals surface area contributed by atoms with E-state index in [1.807, 2.05) is 0 Å². The number of sulfonamides is 1. The topological polar surface area (TPSA) is 106 Å². The summed E-state index contributed by atoms with van der Waals surface area (Å²) in [4.78, 5) is 15.3. The summed E-state index contributed by atoms with van der Waals surface area (Å²) in [6, 6.07) is 12.8. The number of fused-ring (bicyclic) bond motifs is 1. The van der Waals surface area contributed by atoms with Gasteiger partial charge in [-0.1, -0.05) is 12.1 Å². The molecule has 31 heavy (non-hydrogen) atoms. The minimum atomic E-state index is -4.14. The summed E-state index contributed by atoms with van der Waals surface area (Å²) in [5.74, 6) is -1.23. The zero-order chi connectivity index (χ0) is 22.2. The van der Waals surface area contributed by atoms with Crippen LogP contribution < -0.4 is 9.46 Å². The van der Waals surface area contributed by atoms with Gasteiger partial charge in [0, 0.05) is 12.6 Å². The molecule has 0 unspecified atom stereocenters. The quantitative estimate of drug-likeness (QED) is 0.629. The van der Waals surface area contributed by atoms with Crippen LogP contribution in [0, 0.1) is 12.7 Å². The molecule has 1 aliphatic heterocycles. The third kappa shape index (κ3) is 3.77. The van der Waals surface area contributed by atoms with Crippen molar-refractivity contribution in [3.05, 3.63) is 89.0 Å². The predicted molar refractivity (Wildman–Crippen MR) is 110 cm³/mol. The van der Waals surface area contributed by atoms with Gasteiger partial charge in [-0.05, 0) is 60.5 Å². The van der Waals surface area contributed by atoms with Crippen molar-refractivity contribution in [3.8, 4) is 5.75 Å². The number of carbonyl (C=O) groups is 1. The normalized spacial score (nSPS) is 18.1. The molecular formula is C22H19FN2O5S. The first-order valence-corrected chi connectivity index (χ1v) is 10.9. The van der Waals surface area contributed by atoms with Crippen molar-refractivity contribution in [2.75, 3.05) is 6.61 Å². The second-order valence-electron chi connectivity index (χ2n) is 7.25. The minimum absolute atomic E-state index is 0.0349. The number of aryl methyl sites for hydroxylation is 1. The van der Waals surface area contributed by atoms with Crippen LogP contribution in [-0.2, 0) is 15.6 Å². The molecule has 0 saturated heterocycles. The number of pyridine rings is 1. The summed E-state index contributed by atoms with van der Waals surface area (Å²) in [5, 5.41) is 9.06. The SMILES string of the molecule is Cc1ccc([C@@]2(NS(=O)(=O)c3ccc(C(=O)O)cc3)CCOc3cccnc32)cc1F. The van der Waals surface area contributed by atoms with Gasteiger partial charge in [0.05, 0.1) is 17.1 Å². The summed E-state index contributed by atoms with van der Waals surface area (Å²) in [5.41, 5.74) is -0.250. The van der Waals surface area contributed by atoms with Gasteiger partial charge in [-0.3, -0.25) is 4.98 Å². The molecule has 4 rings (SSSR count). The second kappa shape index (κ2) is 7.75. The maximum Gasteiger partial charge on any atom is 0.335 e. The number of hydrogen-bond donors (Lipinski definition) is 2. The Morgan fingerprint density at radius 2 is 1.94 bits per heavy atom. The van der Waals surface area contributed by atoms with Crippen molar-refractivity contribution in [3.63, 3.8) is 0 Å². The highest BCUT2D eigenvalue weighted by Crippen LogP contribution is 2.41. The maximum absolute atomic E-state index is 14.5. The third-order valence-corrected chi connectivity index (χ3v) is 6.80. The fourth-order valence-corrected chi connectivity index (χ4v) is 5.01. The van der Waals surface area contributed by atoms with Crippen LogP contribution in [0.25, 0.3) is 0 Å². The molecule has 0 radical (unpaired) electrons. The van der Waals surface area contributed by atoms with Crippen LogP contribution in [0.5, 0.6) is 5.75 Å². The van der Waals surface area contributed by atoms with Crippen molar-refractivity contribution in [2.24, 2.45) is 0 Å². The van der Waals surface area contributed by atoms with E-state index in [1.165, 1.54) is 36.5 Å². The molecule has 7 nitrogen and oxygen atoms in total. The average molecular weight is 442 g/mol. The van der Waals surface area contributed by atoms with Gasteiger partial charge < -0.3 is 9.84 Å². The Bertz CT molecular complexity index is 1260. The highest BCUT2D eigenvalue weighted by Gasteiger charge is 2.44. The van der Waals surface area contributed by atoms with Gasteiger partial charge in [0.2, 0.25) is 10.0 Å². The van der Waals surface area contributed by atoms with Crippen molar-refractivity contribution in [1.82, 2.24) is 9.71 Å². The molecule has 1 aromatic heterocycles. The lowest BCUT2D eigenvalue weighted by atomic mass is 9.82. The fourth-order valence-electron chi connectivity index (χ4n) is 3.62. The van der Waals surface area contributed by atoms with Gasteiger partial charge in [-0.15, -0.1) is 0 Å². The van der Waals surface area contributed by atoms with Gasteiger partial charge in [-0.25, -0.2) is 17.6 Å². The van der Waals surface area contributed by atoms with Gasteiger partial charge in [0.25, 0.3) is 0 Å². The Kier molecular flexibility index (Phi) is 5.24. The van der Waals surface area contributed by atoms with Crippen LogP contribution in [0.3, 0.4) is 0 Å². The number of rotatable bonds is 5. The van der Waals surface area contributed by atoms with E-state index in [2.05, 4.69) is 9.71 Å². The number of aromatic carboxylic acids is 1. The predicted octanol–water partition coefficient (Wildman–Crippen LogP) is 3.23. The van der Waals surface area contributed by atoms with E-state index >= 15 is 0 Å². The standard InChI is InChI=1S/C22H19FN2O5S/c1-14-4-7-16(13-18(14)23)22(10-12-30-19-3-2-11-24-20(19)22)25-31(28,29)17-8-5-15(6-9-17)21(26)27/h2-9,11,13,25H,10,12H2,1H3,(H,26,27)/t22-/m0/s1. The van der Waals surface area contributed by atoms with Crippen molar-refractivity contribution >= 4 is 16.0 Å². The number of nitrogens with zero attached hydrogens (tertiary/aromatic N) is 1. The van der Waals surface area contributed by atoms with E-state index in [1.54, 1.807) is 31.2 Å². The highest BCUT2D eigenvalue weighted by molar-refractivity contribution is 7.89. The Hall–Kier alpha value is -3.30. The Morgan fingerprint density at radius 3 is 2.61 bits per heavy atom. The van der Waals surface area contributed by atoms with Crippen molar-refractivity contribution in [2.45, 2.75) is 23.8 Å². The van der Waals surface area contributed by atoms with E-state index in [9.17, 15) is 17.6 Å². The molecular weight excluding hydrogens is 423 g/mol. The molecule has 0 spiro atoms. The molecule has 0 bridgehead atoms. The van der Waals surface area contributed by atoms with Crippen molar-refractivity contribution in [1.29, 1.82) is 0 Å². The van der Waals surface area contributed by atoms with Gasteiger partial charge >= 0.3 is 5.97 Å². The van der Waals surface area contributed by atoms with Gasteiger partial charge in [0.1, 0.15) is 22.8 Å². The van der Waals surface area contributed by atoms with Crippen LogP contribution in [0.2, 0.25) is 0 Å². The molecule has 3 aromatic rings. The van der Waals surface area contributed by atoms with E-state index < -0.39 is 27.3 Å². The van der Waals surface area contributed by atoms with E-state index in [0.29, 0.717) is 22.6 Å². The number of aromatic nitrogens is 1. The molecule has 0 saturated carbocycles. The van der Waals surface area contributed by atoms with Crippen LogP contribution >= 0.6 is 0 Å². The number of ether oxygens (including phenoxy) is 1. The minimum Gasteiger partial charge on any atom is -0.491 e. The molecule has 0 amide bonds. The lowest BCUT2D eigenvalue weighted by molar-refractivity contribution is 0.0696. The van der Waals surface area contributed by atoms with E-state index in [-0.39, 0.29) is 23.5 Å². The molecule has 1 aliphatic rings. The second-order valence-corrected chi connectivity index (χ2v) is 8.94. The first kappa shape index (κ1) is 21.0. The summed E-state index contributed by atoms with van der Waals surface area (Å²) >= 11 is 0. The largest absolute Gasteiger partial charge is 0.491 e. The number of halogens is 1. The Balaban J connectivity index is 1.86. The summed E-state index contributed by atoms with van der Waals surface area (Å²) in [6.07, 6.45) is 1.70. The highest BCUT2D eigenvalue weighted by atomic mass is 32.2. The number of carboxylic acid groups (broad SMARTS) is 1. The average Bonchev–Trinajstić information content (AvgIpc) is 2.75. The first-order valence-electron chi connectivity index (χ1n) is 9.45. The lowest BCUT2D eigenvalue weighted by Gasteiger charge is -2.38. The fraction of sp³-hybridized carbons (Fsp3) is 0.182. The molecule has 9 heteroatoms.